The van der Waals surface area contributed by atoms with Crippen LogP contribution in [0.4, 0.5) is 0 Å². The molecule has 0 aromatic carbocycles. The molecule has 1 atom stereocenters. The first-order valence-electron chi connectivity index (χ1n) is 21.5. The van der Waals surface area contributed by atoms with Crippen LogP contribution in [0, 0.1) is 0 Å². The summed E-state index contributed by atoms with van der Waals surface area (Å²) >= 11 is 0. The van der Waals surface area contributed by atoms with E-state index >= 15 is 0 Å². The minimum atomic E-state index is -0.829. The van der Waals surface area contributed by atoms with E-state index in [1.54, 1.807) is 0 Å². The predicted molar refractivity (Wildman–Crippen MR) is 233 cm³/mol. The number of unbranched alkanes of at least 4 members (excludes halogenated alkanes) is 11. The van der Waals surface area contributed by atoms with E-state index in [0.29, 0.717) is 19.3 Å². The van der Waals surface area contributed by atoms with Gasteiger partial charge in [0.05, 0.1) is 0 Å². The summed E-state index contributed by atoms with van der Waals surface area (Å²) in [5.74, 6) is -1.06. The van der Waals surface area contributed by atoms with Gasteiger partial charge in [-0.25, -0.2) is 0 Å². The van der Waals surface area contributed by atoms with Gasteiger partial charge in [-0.1, -0.05) is 162 Å². The molecule has 0 rings (SSSR count). The molecular formula is C49H76O6. The molecule has 6 nitrogen and oxygen atoms in total. The second-order valence-corrected chi connectivity index (χ2v) is 13.6. The molecule has 0 heterocycles. The maximum absolute atomic E-state index is 12.7. The Labute approximate surface area is 336 Å². The van der Waals surface area contributed by atoms with Gasteiger partial charge >= 0.3 is 17.9 Å². The third-order valence-electron chi connectivity index (χ3n) is 8.37. The Hall–Kier alpha value is -3.93. The van der Waals surface area contributed by atoms with E-state index in [9.17, 15) is 14.4 Å². The zero-order valence-electron chi connectivity index (χ0n) is 34.9. The van der Waals surface area contributed by atoms with Crippen molar-refractivity contribution in [2.75, 3.05) is 13.2 Å². The Morgan fingerprint density at radius 1 is 0.400 bits per heavy atom. The number of carbonyl (C=O) groups is 3. The van der Waals surface area contributed by atoms with Gasteiger partial charge in [-0.3, -0.25) is 14.4 Å². The van der Waals surface area contributed by atoms with Crippen LogP contribution in [-0.4, -0.2) is 37.2 Å². The molecule has 0 saturated heterocycles. The number of carbonyl (C=O) groups excluding carboxylic acids is 3. The second kappa shape index (κ2) is 42.8. The smallest absolute Gasteiger partial charge is 0.306 e. The van der Waals surface area contributed by atoms with E-state index in [0.717, 1.165) is 77.0 Å². The van der Waals surface area contributed by atoms with Crippen LogP contribution >= 0.6 is 0 Å². The van der Waals surface area contributed by atoms with Gasteiger partial charge in [0.1, 0.15) is 13.2 Å². The van der Waals surface area contributed by atoms with E-state index in [-0.39, 0.29) is 44.0 Å². The van der Waals surface area contributed by atoms with E-state index in [2.05, 4.69) is 75.5 Å². The van der Waals surface area contributed by atoms with Crippen LogP contribution in [-0.2, 0) is 28.6 Å². The Bertz CT molecular complexity index is 1200. The molecule has 0 amide bonds. The third kappa shape index (κ3) is 41.1. The molecule has 0 N–H and O–H groups in total. The van der Waals surface area contributed by atoms with Crippen LogP contribution in [0.2, 0.25) is 0 Å². The zero-order chi connectivity index (χ0) is 40.1. The van der Waals surface area contributed by atoms with Crippen molar-refractivity contribution in [3.8, 4) is 0 Å². The maximum atomic E-state index is 12.7. The van der Waals surface area contributed by atoms with Gasteiger partial charge in [-0.2, -0.15) is 0 Å². The second-order valence-electron chi connectivity index (χ2n) is 13.6. The van der Waals surface area contributed by atoms with Gasteiger partial charge in [0.2, 0.25) is 0 Å². The number of hydrogen-bond donors (Lipinski definition) is 0. The predicted octanol–water partition coefficient (Wildman–Crippen LogP) is 13.6. The van der Waals surface area contributed by atoms with Gasteiger partial charge in [-0.05, 0) is 89.9 Å². The molecule has 0 radical (unpaired) electrons. The maximum Gasteiger partial charge on any atom is 0.306 e. The zero-order valence-corrected chi connectivity index (χ0v) is 34.9. The first kappa shape index (κ1) is 51.1. The summed E-state index contributed by atoms with van der Waals surface area (Å²) in [5.41, 5.74) is 0. The molecule has 0 aromatic rings. The van der Waals surface area contributed by atoms with E-state index in [1.807, 2.05) is 54.7 Å². The standard InChI is InChI=1S/C49H76O6/c1-4-7-10-13-16-19-22-25-28-30-33-36-39-42-48(51)54-45-46(55-49(52)43-40-37-34-31-27-24-21-18-15-12-9-6-3)44-53-47(50)41-38-35-32-29-26-23-20-17-14-11-8-5-2/h7,9-10,12-13,16-22,25,27-28,30-31,33,46H,4-6,8,11,14-15,23-24,26,29,32,34-45H2,1-3H3/b10-7-,12-9-,16-13-,20-17-,21-18-,22-19-,28-25-,31-27-,33-30-. The fourth-order valence-corrected chi connectivity index (χ4v) is 5.18. The monoisotopic (exact) mass is 761 g/mol. The Kier molecular flexibility index (Phi) is 39.7. The molecule has 0 aliphatic carbocycles. The SMILES string of the molecule is CC\C=C/C=C\C=C/C=C\C=C/CCCC(=O)OCC(COC(=O)CCCCCCC/C=C\CCCCC)OC(=O)CCCC/C=C\C/C=C\C/C=C\CC. The lowest BCUT2D eigenvalue weighted by atomic mass is 10.1. The summed E-state index contributed by atoms with van der Waals surface area (Å²) in [6.07, 6.45) is 56.5. The average Bonchev–Trinajstić information content (AvgIpc) is 3.18. The first-order valence-corrected chi connectivity index (χ1v) is 21.5. The normalized spacial score (nSPS) is 13.1. The largest absolute Gasteiger partial charge is 0.462 e. The van der Waals surface area contributed by atoms with Crippen molar-refractivity contribution in [2.24, 2.45) is 0 Å². The van der Waals surface area contributed by atoms with Gasteiger partial charge in [0.25, 0.3) is 0 Å². The van der Waals surface area contributed by atoms with Crippen LogP contribution in [0.5, 0.6) is 0 Å². The van der Waals surface area contributed by atoms with E-state index in [4.69, 9.17) is 14.2 Å². The van der Waals surface area contributed by atoms with Crippen molar-refractivity contribution < 1.29 is 28.6 Å². The highest BCUT2D eigenvalue weighted by Gasteiger charge is 2.19. The van der Waals surface area contributed by atoms with Crippen LogP contribution in [0.3, 0.4) is 0 Å². The van der Waals surface area contributed by atoms with Crippen LogP contribution in [0.1, 0.15) is 162 Å². The molecular weight excluding hydrogens is 685 g/mol. The molecule has 0 aliphatic rings. The summed E-state index contributed by atoms with van der Waals surface area (Å²) < 4.78 is 16.6. The highest BCUT2D eigenvalue weighted by molar-refractivity contribution is 5.71. The van der Waals surface area contributed by atoms with Crippen molar-refractivity contribution in [1.82, 2.24) is 0 Å². The van der Waals surface area contributed by atoms with Crippen molar-refractivity contribution in [2.45, 2.75) is 168 Å². The summed E-state index contributed by atoms with van der Waals surface area (Å²) in [6.45, 7) is 6.20. The summed E-state index contributed by atoms with van der Waals surface area (Å²) in [6, 6.07) is 0. The molecule has 1 unspecified atom stereocenters. The molecule has 0 fully saturated rings. The Morgan fingerprint density at radius 2 is 0.818 bits per heavy atom. The van der Waals surface area contributed by atoms with Gasteiger partial charge in [-0.15, -0.1) is 0 Å². The molecule has 0 spiro atoms. The number of esters is 3. The number of allylic oxidation sites excluding steroid dienone is 18. The molecule has 0 bridgehead atoms. The number of hydrogen-bond acceptors (Lipinski definition) is 6. The summed E-state index contributed by atoms with van der Waals surface area (Å²) in [5, 5.41) is 0. The highest BCUT2D eigenvalue weighted by Crippen LogP contribution is 2.11. The van der Waals surface area contributed by atoms with Gasteiger partial charge in [0, 0.05) is 19.3 Å². The summed E-state index contributed by atoms with van der Waals surface area (Å²) in [4.78, 5) is 37.6. The van der Waals surface area contributed by atoms with Gasteiger partial charge < -0.3 is 14.2 Å². The lowest BCUT2D eigenvalue weighted by Crippen LogP contribution is -2.30. The van der Waals surface area contributed by atoms with Crippen molar-refractivity contribution in [1.29, 1.82) is 0 Å². The minimum absolute atomic E-state index is 0.123. The molecule has 6 heteroatoms. The molecule has 0 saturated carbocycles. The Balaban J connectivity index is 4.60. The Morgan fingerprint density at radius 3 is 1.44 bits per heavy atom. The van der Waals surface area contributed by atoms with E-state index < -0.39 is 6.10 Å². The third-order valence-corrected chi connectivity index (χ3v) is 8.37. The quantitative estimate of drug-likeness (QED) is 0.0208. The molecule has 55 heavy (non-hydrogen) atoms. The fourth-order valence-electron chi connectivity index (χ4n) is 5.18. The molecule has 0 aromatic heterocycles. The summed E-state index contributed by atoms with van der Waals surface area (Å²) in [7, 11) is 0. The lowest BCUT2D eigenvalue weighted by Gasteiger charge is -2.18. The highest BCUT2D eigenvalue weighted by atomic mass is 16.6. The topological polar surface area (TPSA) is 78.9 Å². The number of rotatable bonds is 36. The van der Waals surface area contributed by atoms with Crippen LogP contribution < -0.4 is 0 Å². The first-order chi connectivity index (χ1) is 27.0. The van der Waals surface area contributed by atoms with Crippen molar-refractivity contribution >= 4 is 17.9 Å². The minimum Gasteiger partial charge on any atom is -0.462 e. The molecule has 0 aliphatic heterocycles. The van der Waals surface area contributed by atoms with Crippen molar-refractivity contribution in [3.63, 3.8) is 0 Å². The van der Waals surface area contributed by atoms with Crippen molar-refractivity contribution in [3.05, 3.63) is 109 Å². The molecule has 308 valence electrons. The van der Waals surface area contributed by atoms with Gasteiger partial charge in [0.15, 0.2) is 6.10 Å². The fraction of sp³-hybridized carbons (Fsp3) is 0.571. The van der Waals surface area contributed by atoms with Crippen LogP contribution in [0.15, 0.2) is 109 Å². The number of ether oxygens (including phenoxy) is 3. The average molecular weight is 761 g/mol. The lowest BCUT2D eigenvalue weighted by molar-refractivity contribution is -0.167. The van der Waals surface area contributed by atoms with E-state index in [1.165, 1.54) is 32.1 Å². The van der Waals surface area contributed by atoms with Crippen LogP contribution in [0.25, 0.3) is 0 Å².